The Morgan fingerprint density at radius 2 is 1.83 bits per heavy atom. The number of benzene rings is 1. The van der Waals surface area contributed by atoms with E-state index in [1.165, 1.54) is 0 Å². The fourth-order valence-electron chi connectivity index (χ4n) is 4.34. The average molecular weight is 434 g/mol. The van der Waals surface area contributed by atoms with Gasteiger partial charge >= 0.3 is 0 Å². The van der Waals surface area contributed by atoms with E-state index in [4.69, 9.17) is 0 Å². The number of aromatic nitrogens is 1. The van der Waals surface area contributed by atoms with E-state index >= 15 is 0 Å². The second-order valence-electron chi connectivity index (χ2n) is 7.83. The highest BCUT2D eigenvalue weighted by Gasteiger charge is 2.37. The molecule has 2 aliphatic rings. The first-order valence-corrected chi connectivity index (χ1v) is 12.7. The number of hydrogen-bond acceptors (Lipinski definition) is 5. The zero-order valence-electron chi connectivity index (χ0n) is 16.4. The number of rotatable bonds is 5. The van der Waals surface area contributed by atoms with Crippen LogP contribution in [0.1, 0.15) is 48.7 Å². The standard InChI is InChI=1S/C21H27N3O3S2/c25-21(24-12-5-4-8-19(24)20-22-11-15-28-20)18-9-13-23(14-10-18)29(26,27)16-17-6-2-1-3-7-17/h1-3,6-7,11,15,18-19H,4-5,8-10,12-14,16H2. The molecule has 2 fully saturated rings. The fraction of sp³-hybridized carbons (Fsp3) is 0.524. The van der Waals surface area contributed by atoms with E-state index in [0.717, 1.165) is 36.4 Å². The second-order valence-corrected chi connectivity index (χ2v) is 10.7. The minimum Gasteiger partial charge on any atom is -0.333 e. The summed E-state index contributed by atoms with van der Waals surface area (Å²) in [5, 5.41) is 2.98. The van der Waals surface area contributed by atoms with Crippen LogP contribution in [0, 0.1) is 5.92 Å². The van der Waals surface area contributed by atoms with Gasteiger partial charge in [-0.15, -0.1) is 11.3 Å². The van der Waals surface area contributed by atoms with E-state index in [0.29, 0.717) is 25.9 Å². The molecule has 6 nitrogen and oxygen atoms in total. The van der Waals surface area contributed by atoms with Gasteiger partial charge in [-0.1, -0.05) is 30.3 Å². The lowest BCUT2D eigenvalue weighted by atomic mass is 9.93. The van der Waals surface area contributed by atoms with Gasteiger partial charge in [0.05, 0.1) is 11.8 Å². The maximum atomic E-state index is 13.2. The summed E-state index contributed by atoms with van der Waals surface area (Å²) >= 11 is 1.61. The Kier molecular flexibility index (Phi) is 6.32. The average Bonchev–Trinajstić information content (AvgIpc) is 3.28. The first kappa shape index (κ1) is 20.5. The SMILES string of the molecule is O=C(C1CCN(S(=O)(=O)Cc2ccccc2)CC1)N1CCCCC1c1nccs1. The molecule has 156 valence electrons. The molecule has 0 bridgehead atoms. The van der Waals surface area contributed by atoms with Crippen LogP contribution >= 0.6 is 11.3 Å². The predicted molar refractivity (Wildman–Crippen MR) is 114 cm³/mol. The summed E-state index contributed by atoms with van der Waals surface area (Å²) in [6.45, 7) is 1.61. The highest BCUT2D eigenvalue weighted by molar-refractivity contribution is 7.88. The molecule has 0 radical (unpaired) electrons. The molecular weight excluding hydrogens is 406 g/mol. The molecule has 0 aliphatic carbocycles. The summed E-state index contributed by atoms with van der Waals surface area (Å²) in [6.07, 6.45) is 6.08. The molecule has 3 heterocycles. The lowest BCUT2D eigenvalue weighted by Gasteiger charge is -2.39. The minimum atomic E-state index is -3.36. The second kappa shape index (κ2) is 8.93. The molecule has 1 atom stereocenters. The van der Waals surface area contributed by atoms with Crippen LogP contribution in [0.2, 0.25) is 0 Å². The predicted octanol–water partition coefficient (Wildman–Crippen LogP) is 3.44. The zero-order chi connectivity index (χ0) is 20.3. The first-order valence-electron chi connectivity index (χ1n) is 10.3. The van der Waals surface area contributed by atoms with Crippen molar-refractivity contribution in [1.29, 1.82) is 0 Å². The Labute approximate surface area is 176 Å². The summed E-state index contributed by atoms with van der Waals surface area (Å²) < 4.78 is 27.1. The zero-order valence-corrected chi connectivity index (χ0v) is 18.1. The number of nitrogens with zero attached hydrogens (tertiary/aromatic N) is 3. The van der Waals surface area contributed by atoms with E-state index < -0.39 is 10.0 Å². The van der Waals surface area contributed by atoms with Gasteiger partial charge in [-0.3, -0.25) is 4.79 Å². The van der Waals surface area contributed by atoms with Crippen molar-refractivity contribution in [3.8, 4) is 0 Å². The Balaban J connectivity index is 1.38. The van der Waals surface area contributed by atoms with Crippen molar-refractivity contribution in [2.75, 3.05) is 19.6 Å². The number of hydrogen-bond donors (Lipinski definition) is 0. The van der Waals surface area contributed by atoms with Crippen molar-refractivity contribution in [3.63, 3.8) is 0 Å². The molecule has 8 heteroatoms. The summed E-state index contributed by atoms with van der Waals surface area (Å²) in [4.78, 5) is 19.7. The largest absolute Gasteiger partial charge is 0.333 e. The van der Waals surface area contributed by atoms with Crippen LogP contribution in [0.4, 0.5) is 0 Å². The quantitative estimate of drug-likeness (QED) is 0.724. The monoisotopic (exact) mass is 433 g/mol. The molecule has 2 saturated heterocycles. The highest BCUT2D eigenvalue weighted by Crippen LogP contribution is 2.34. The first-order chi connectivity index (χ1) is 14.0. The molecule has 0 saturated carbocycles. The van der Waals surface area contributed by atoms with Crippen LogP contribution in [0.15, 0.2) is 41.9 Å². The highest BCUT2D eigenvalue weighted by atomic mass is 32.2. The van der Waals surface area contributed by atoms with Gasteiger partial charge in [-0.05, 0) is 37.7 Å². The van der Waals surface area contributed by atoms with Gasteiger partial charge in [-0.2, -0.15) is 0 Å². The van der Waals surface area contributed by atoms with Crippen molar-refractivity contribution in [1.82, 2.24) is 14.2 Å². The van der Waals surface area contributed by atoms with E-state index in [1.54, 1.807) is 21.8 Å². The summed E-state index contributed by atoms with van der Waals surface area (Å²) in [5.74, 6) is 0.0915. The molecule has 2 aromatic rings. The summed E-state index contributed by atoms with van der Waals surface area (Å²) in [5.41, 5.74) is 0.797. The molecule has 1 unspecified atom stereocenters. The van der Waals surface area contributed by atoms with Gasteiger partial charge in [0.1, 0.15) is 5.01 Å². The number of amides is 1. The summed E-state index contributed by atoms with van der Waals surface area (Å²) in [6, 6.07) is 9.34. The lowest BCUT2D eigenvalue weighted by Crippen LogP contribution is -2.46. The van der Waals surface area contributed by atoms with Gasteiger partial charge in [-0.25, -0.2) is 17.7 Å². The Hall–Kier alpha value is -1.77. The molecule has 0 spiro atoms. The molecule has 2 aliphatic heterocycles. The third-order valence-electron chi connectivity index (χ3n) is 5.91. The van der Waals surface area contributed by atoms with Crippen LogP contribution in [0.5, 0.6) is 0 Å². The number of piperidine rings is 2. The maximum absolute atomic E-state index is 13.2. The van der Waals surface area contributed by atoms with Crippen LogP contribution in [0.3, 0.4) is 0 Å². The van der Waals surface area contributed by atoms with E-state index in [1.807, 2.05) is 40.6 Å². The number of carbonyl (C=O) groups excluding carboxylic acids is 1. The molecule has 0 N–H and O–H groups in total. The van der Waals surface area contributed by atoms with Gasteiger partial charge < -0.3 is 4.90 Å². The number of likely N-dealkylation sites (tertiary alicyclic amines) is 1. The number of thiazole rings is 1. The van der Waals surface area contributed by atoms with Crippen molar-refractivity contribution in [2.45, 2.75) is 43.9 Å². The number of carbonyl (C=O) groups is 1. The topological polar surface area (TPSA) is 70.6 Å². The van der Waals surface area contributed by atoms with Crippen molar-refractivity contribution in [3.05, 3.63) is 52.5 Å². The molecular formula is C21H27N3O3S2. The van der Waals surface area contributed by atoms with Crippen molar-refractivity contribution < 1.29 is 13.2 Å². The van der Waals surface area contributed by atoms with Gasteiger partial charge in [0.15, 0.2) is 0 Å². The van der Waals surface area contributed by atoms with Crippen molar-refractivity contribution in [2.24, 2.45) is 5.92 Å². The minimum absolute atomic E-state index is 0.0186. The number of sulfonamides is 1. The van der Waals surface area contributed by atoms with Gasteiger partial charge in [0.2, 0.25) is 15.9 Å². The normalized spacial score (nSPS) is 21.9. The molecule has 1 aromatic heterocycles. The lowest BCUT2D eigenvalue weighted by molar-refractivity contribution is -0.140. The van der Waals surface area contributed by atoms with E-state index in [2.05, 4.69) is 4.98 Å². The molecule has 1 amide bonds. The smallest absolute Gasteiger partial charge is 0.226 e. The van der Waals surface area contributed by atoms with Crippen LogP contribution in [-0.4, -0.2) is 48.1 Å². The van der Waals surface area contributed by atoms with E-state index in [9.17, 15) is 13.2 Å². The van der Waals surface area contributed by atoms with Crippen molar-refractivity contribution >= 4 is 27.3 Å². The van der Waals surface area contributed by atoms with Crippen LogP contribution in [-0.2, 0) is 20.6 Å². The molecule has 29 heavy (non-hydrogen) atoms. The maximum Gasteiger partial charge on any atom is 0.226 e. The third kappa shape index (κ3) is 4.70. The van der Waals surface area contributed by atoms with Crippen LogP contribution < -0.4 is 0 Å². The Morgan fingerprint density at radius 1 is 1.07 bits per heavy atom. The molecule has 1 aromatic carbocycles. The Morgan fingerprint density at radius 3 is 2.52 bits per heavy atom. The van der Waals surface area contributed by atoms with Crippen LogP contribution in [0.25, 0.3) is 0 Å². The fourth-order valence-corrected chi connectivity index (χ4v) is 6.69. The Bertz CT molecular complexity index is 908. The molecule has 4 rings (SSSR count). The third-order valence-corrected chi connectivity index (χ3v) is 8.64. The van der Waals surface area contributed by atoms with Gasteiger partial charge in [0, 0.05) is 37.1 Å². The van der Waals surface area contributed by atoms with Gasteiger partial charge in [0.25, 0.3) is 0 Å². The van der Waals surface area contributed by atoms with E-state index in [-0.39, 0.29) is 23.6 Å². The summed E-state index contributed by atoms with van der Waals surface area (Å²) in [7, 11) is -3.36.